The molecule has 9 nitrogen and oxygen atoms in total. The number of aliphatic hydroxyl groups is 2. The zero-order chi connectivity index (χ0) is 28.5. The van der Waals surface area contributed by atoms with Gasteiger partial charge >= 0.3 is 13.8 Å². The molecule has 0 heterocycles. The van der Waals surface area contributed by atoms with Gasteiger partial charge in [0.2, 0.25) is 0 Å². The van der Waals surface area contributed by atoms with E-state index in [0.717, 1.165) is 19.3 Å². The molecule has 0 amide bonds. The molecule has 1 unspecified atom stereocenters. The van der Waals surface area contributed by atoms with E-state index >= 15 is 0 Å². The van der Waals surface area contributed by atoms with Crippen molar-refractivity contribution in [1.29, 1.82) is 0 Å². The van der Waals surface area contributed by atoms with Crippen molar-refractivity contribution in [2.45, 2.75) is 57.5 Å². The molecule has 0 aliphatic heterocycles. The number of esters is 1. The minimum atomic E-state index is -4.31. The Morgan fingerprint density at radius 3 is 1.95 bits per heavy atom. The Bertz CT molecular complexity index is 799. The zero-order valence-electron chi connectivity index (χ0n) is 23.3. The Morgan fingerprint density at radius 2 is 1.37 bits per heavy atom. The summed E-state index contributed by atoms with van der Waals surface area (Å²) in [7, 11) is 1.43. The van der Waals surface area contributed by atoms with Gasteiger partial charge in [0.05, 0.1) is 34.4 Å². The third-order valence-corrected chi connectivity index (χ3v) is 6.09. The smallest absolute Gasteiger partial charge is 0.454 e. The van der Waals surface area contributed by atoms with Crippen LogP contribution in [0.25, 0.3) is 0 Å². The van der Waals surface area contributed by atoms with Gasteiger partial charge in [-0.1, -0.05) is 86.8 Å². The number of aliphatic hydroxyl groups excluding tert-OH is 2. The van der Waals surface area contributed by atoms with Crippen LogP contribution in [0.1, 0.15) is 51.4 Å². The number of unbranched alkanes of at least 4 members (excludes halogenated alkanes) is 7. The van der Waals surface area contributed by atoms with Crippen molar-refractivity contribution in [3.8, 4) is 0 Å². The second kappa shape index (κ2) is 23.1. The molecule has 2 atom stereocenters. The zero-order valence-corrected chi connectivity index (χ0v) is 24.2. The summed E-state index contributed by atoms with van der Waals surface area (Å²) in [6, 6.07) is 0. The summed E-state index contributed by atoms with van der Waals surface area (Å²) in [6.07, 6.45) is 26.0. The number of carbonyl (C=O) groups excluding carboxylic acids is 1. The SMILES string of the molecule is C[N+](C)(C)CCOP(=O)(O)OC[C@@H](CO)OC(=O)C=CC=CC=CC=CC=CCCCCCCCCCO. The molecular weight excluding hydrogens is 509 g/mol. The molecule has 0 saturated heterocycles. The highest BCUT2D eigenvalue weighted by atomic mass is 31.2. The largest absolute Gasteiger partial charge is 0.472 e. The maximum Gasteiger partial charge on any atom is 0.472 e. The quantitative estimate of drug-likeness (QED) is 0.0415. The third kappa shape index (κ3) is 25.8. The van der Waals surface area contributed by atoms with E-state index in [1.807, 2.05) is 51.5 Å². The van der Waals surface area contributed by atoms with Crippen LogP contribution in [0.5, 0.6) is 0 Å². The van der Waals surface area contributed by atoms with E-state index in [1.165, 1.54) is 44.3 Å². The fraction of sp³-hybridized carbons (Fsp3) is 0.607. The van der Waals surface area contributed by atoms with Gasteiger partial charge in [-0.05, 0) is 19.3 Å². The summed E-state index contributed by atoms with van der Waals surface area (Å²) in [5.74, 6) is -0.716. The van der Waals surface area contributed by atoms with Crippen LogP contribution in [0.2, 0.25) is 0 Å². The number of likely N-dealkylation sites (N-methyl/N-ethyl adjacent to an activating group) is 1. The van der Waals surface area contributed by atoms with Gasteiger partial charge < -0.3 is 24.3 Å². The van der Waals surface area contributed by atoms with Crippen LogP contribution < -0.4 is 0 Å². The molecule has 10 heteroatoms. The number of ether oxygens (including phenoxy) is 1. The second-order valence-electron chi connectivity index (χ2n) is 9.78. The Labute approximate surface area is 229 Å². The van der Waals surface area contributed by atoms with E-state index in [4.69, 9.17) is 18.9 Å². The lowest BCUT2D eigenvalue weighted by Gasteiger charge is -2.24. The molecule has 38 heavy (non-hydrogen) atoms. The van der Waals surface area contributed by atoms with Gasteiger partial charge in [0, 0.05) is 12.7 Å². The number of phosphoric acid groups is 1. The summed E-state index contributed by atoms with van der Waals surface area (Å²) < 4.78 is 27.2. The maximum atomic E-state index is 11.9. The van der Waals surface area contributed by atoms with Crippen LogP contribution in [-0.4, -0.2) is 85.8 Å². The monoisotopic (exact) mass is 558 g/mol. The first-order chi connectivity index (χ1) is 18.1. The fourth-order valence-corrected chi connectivity index (χ4v) is 3.67. The normalized spacial score (nSPS) is 15.4. The molecule has 0 aromatic carbocycles. The molecule has 0 aromatic rings. The van der Waals surface area contributed by atoms with Crippen LogP contribution >= 0.6 is 7.82 Å². The fourth-order valence-electron chi connectivity index (χ4n) is 2.92. The number of quaternary nitrogens is 1. The molecule has 0 radical (unpaired) electrons. The van der Waals surface area contributed by atoms with E-state index in [1.54, 1.807) is 12.2 Å². The molecule has 0 aliphatic rings. The topological polar surface area (TPSA) is 123 Å². The summed E-state index contributed by atoms with van der Waals surface area (Å²) in [5, 5.41) is 18.1. The Hall–Kier alpha value is -1.84. The van der Waals surface area contributed by atoms with Crippen LogP contribution in [0.15, 0.2) is 60.8 Å². The molecule has 0 rings (SSSR count). The molecule has 0 aliphatic carbocycles. The van der Waals surface area contributed by atoms with Crippen molar-refractivity contribution in [3.63, 3.8) is 0 Å². The molecule has 3 N–H and O–H groups in total. The van der Waals surface area contributed by atoms with Crippen LogP contribution in [0.4, 0.5) is 0 Å². The molecule has 0 saturated carbocycles. The number of phosphoric ester groups is 1. The van der Waals surface area contributed by atoms with E-state index < -0.39 is 33.1 Å². The highest BCUT2D eigenvalue weighted by molar-refractivity contribution is 7.47. The molecule has 0 bridgehead atoms. The average Bonchev–Trinajstić information content (AvgIpc) is 2.84. The third-order valence-electron chi connectivity index (χ3n) is 5.10. The van der Waals surface area contributed by atoms with Crippen molar-refractivity contribution in [2.75, 3.05) is 54.1 Å². The molecular formula is C28H49NO8P+. The number of rotatable bonds is 23. The predicted molar refractivity (Wildman–Crippen MR) is 151 cm³/mol. The minimum Gasteiger partial charge on any atom is -0.454 e. The van der Waals surface area contributed by atoms with Gasteiger partial charge in [-0.2, -0.15) is 0 Å². The maximum absolute atomic E-state index is 11.9. The Morgan fingerprint density at radius 1 is 0.816 bits per heavy atom. The summed E-state index contributed by atoms with van der Waals surface area (Å²) in [4.78, 5) is 21.6. The van der Waals surface area contributed by atoms with Crippen molar-refractivity contribution >= 4 is 13.8 Å². The van der Waals surface area contributed by atoms with Gasteiger partial charge in [0.1, 0.15) is 19.3 Å². The van der Waals surface area contributed by atoms with Crippen LogP contribution in [-0.2, 0) is 23.1 Å². The van der Waals surface area contributed by atoms with Crippen molar-refractivity contribution in [1.82, 2.24) is 0 Å². The van der Waals surface area contributed by atoms with Gasteiger partial charge in [-0.15, -0.1) is 0 Å². The predicted octanol–water partition coefficient (Wildman–Crippen LogP) is 4.62. The molecule has 0 fully saturated rings. The standard InChI is InChI=1S/C28H48NO8P/c1-29(2,3)22-24-35-38(33,34)36-26-27(25-31)37-28(32)21-19-17-15-13-11-9-7-5-4-6-8-10-12-14-16-18-20-23-30/h4-5,7,9,11,13,15,17,19,21,27,30-31H,6,8,10,12,14,16,18,20,22-26H2,1-3H3/p+1/t27-/m1/s1. The number of hydrogen-bond donors (Lipinski definition) is 3. The highest BCUT2D eigenvalue weighted by Gasteiger charge is 2.25. The number of nitrogens with zero attached hydrogens (tertiary/aromatic N) is 1. The van der Waals surface area contributed by atoms with Gasteiger partial charge in [-0.25, -0.2) is 9.36 Å². The lowest BCUT2D eigenvalue weighted by Crippen LogP contribution is -2.37. The van der Waals surface area contributed by atoms with E-state index in [9.17, 15) is 19.4 Å². The lowest BCUT2D eigenvalue weighted by atomic mass is 10.1. The Balaban J connectivity index is 4.07. The number of allylic oxidation sites excluding steroid dienone is 9. The number of carbonyl (C=O) groups is 1. The second-order valence-corrected chi connectivity index (χ2v) is 11.2. The van der Waals surface area contributed by atoms with Crippen LogP contribution in [0.3, 0.4) is 0 Å². The first-order valence-corrected chi connectivity index (χ1v) is 14.8. The summed E-state index contributed by atoms with van der Waals surface area (Å²) in [5.41, 5.74) is 0. The summed E-state index contributed by atoms with van der Waals surface area (Å²) >= 11 is 0. The average molecular weight is 559 g/mol. The minimum absolute atomic E-state index is 0.0189. The first-order valence-electron chi connectivity index (χ1n) is 13.3. The molecule has 0 aromatic heterocycles. The summed E-state index contributed by atoms with van der Waals surface area (Å²) in [6.45, 7) is -0.216. The highest BCUT2D eigenvalue weighted by Crippen LogP contribution is 2.43. The van der Waals surface area contributed by atoms with E-state index in [0.29, 0.717) is 17.6 Å². The van der Waals surface area contributed by atoms with Gasteiger partial charge in [-0.3, -0.25) is 9.05 Å². The van der Waals surface area contributed by atoms with Gasteiger partial charge in [0.15, 0.2) is 0 Å². The Kier molecular flexibility index (Phi) is 22.0. The van der Waals surface area contributed by atoms with Crippen molar-refractivity contribution < 1.29 is 42.7 Å². The number of hydrogen-bond acceptors (Lipinski definition) is 7. The van der Waals surface area contributed by atoms with Crippen molar-refractivity contribution in [3.05, 3.63) is 60.8 Å². The van der Waals surface area contributed by atoms with E-state index in [2.05, 4.69) is 6.08 Å². The molecule has 218 valence electrons. The van der Waals surface area contributed by atoms with E-state index in [-0.39, 0.29) is 6.61 Å². The first kappa shape index (κ1) is 36.2. The lowest BCUT2D eigenvalue weighted by molar-refractivity contribution is -0.870. The van der Waals surface area contributed by atoms with Gasteiger partial charge in [0.25, 0.3) is 0 Å². The molecule has 0 spiro atoms. The van der Waals surface area contributed by atoms with Crippen LogP contribution in [0, 0.1) is 0 Å². The van der Waals surface area contributed by atoms with Crippen molar-refractivity contribution in [2.24, 2.45) is 0 Å².